The second-order valence-corrected chi connectivity index (χ2v) is 6.40. The number of halogens is 1. The van der Waals surface area contributed by atoms with E-state index in [1.165, 1.54) is 5.56 Å². The maximum Gasteiger partial charge on any atom is 0.254 e. The Morgan fingerprint density at radius 1 is 1.16 bits per heavy atom. The van der Waals surface area contributed by atoms with Crippen LogP contribution in [0.3, 0.4) is 0 Å². The van der Waals surface area contributed by atoms with Gasteiger partial charge in [0.1, 0.15) is 10.9 Å². The first kappa shape index (κ1) is 17.7. The van der Waals surface area contributed by atoms with Crippen LogP contribution in [0.25, 0.3) is 0 Å². The van der Waals surface area contributed by atoms with Gasteiger partial charge in [-0.05, 0) is 36.8 Å². The maximum absolute atomic E-state index is 12.5. The Hall–Kier alpha value is -2.11. The highest BCUT2D eigenvalue weighted by Crippen LogP contribution is 2.16. The van der Waals surface area contributed by atoms with Gasteiger partial charge in [-0.3, -0.25) is 9.69 Å². The van der Waals surface area contributed by atoms with Crippen molar-refractivity contribution in [1.82, 2.24) is 14.8 Å². The van der Waals surface area contributed by atoms with Crippen LogP contribution in [0.4, 0.5) is 0 Å². The summed E-state index contributed by atoms with van der Waals surface area (Å²) in [4.78, 5) is 20.7. The molecule has 25 heavy (non-hydrogen) atoms. The van der Waals surface area contributed by atoms with E-state index in [9.17, 15) is 4.79 Å². The molecule has 1 amide bonds. The highest BCUT2D eigenvalue weighted by Gasteiger charge is 2.22. The lowest BCUT2D eigenvalue weighted by Gasteiger charge is -2.34. The first-order valence-electron chi connectivity index (χ1n) is 8.50. The fourth-order valence-corrected chi connectivity index (χ4v) is 3.12. The Bertz CT molecular complexity index is 713. The monoisotopic (exact) mass is 359 g/mol. The second kappa shape index (κ2) is 8.32. The van der Waals surface area contributed by atoms with E-state index in [4.69, 9.17) is 16.3 Å². The number of piperazine rings is 1. The molecule has 0 N–H and O–H groups in total. The molecule has 2 heterocycles. The van der Waals surface area contributed by atoms with Gasteiger partial charge in [0.05, 0.1) is 6.61 Å². The average Bonchev–Trinajstić information content (AvgIpc) is 2.64. The lowest BCUT2D eigenvalue weighted by Crippen LogP contribution is -2.48. The van der Waals surface area contributed by atoms with E-state index in [-0.39, 0.29) is 5.91 Å². The van der Waals surface area contributed by atoms with Crippen LogP contribution in [-0.4, -0.2) is 53.5 Å². The predicted octanol–water partition coefficient (Wildman–Crippen LogP) is 3.09. The quantitative estimate of drug-likeness (QED) is 0.770. The number of carbonyl (C=O) groups is 1. The molecule has 0 saturated carbocycles. The number of hydrogen-bond acceptors (Lipinski definition) is 4. The summed E-state index contributed by atoms with van der Waals surface area (Å²) in [6.45, 7) is 6.70. The Balaban J connectivity index is 1.52. The van der Waals surface area contributed by atoms with Gasteiger partial charge in [-0.2, -0.15) is 0 Å². The molecule has 0 aliphatic carbocycles. The number of benzene rings is 1. The molecule has 0 bridgehead atoms. The molecule has 0 radical (unpaired) electrons. The topological polar surface area (TPSA) is 45.7 Å². The molecular weight excluding hydrogens is 338 g/mol. The summed E-state index contributed by atoms with van der Waals surface area (Å²) < 4.78 is 5.47. The maximum atomic E-state index is 12.5. The van der Waals surface area contributed by atoms with E-state index >= 15 is 0 Å². The van der Waals surface area contributed by atoms with Gasteiger partial charge in [-0.25, -0.2) is 4.98 Å². The van der Waals surface area contributed by atoms with Gasteiger partial charge in [0, 0.05) is 44.5 Å². The van der Waals surface area contributed by atoms with Crippen LogP contribution in [-0.2, 0) is 6.54 Å². The second-order valence-electron chi connectivity index (χ2n) is 6.01. The number of hydrogen-bond donors (Lipinski definition) is 0. The molecule has 132 valence electrons. The number of pyridine rings is 1. The van der Waals surface area contributed by atoms with Crippen molar-refractivity contribution in [1.29, 1.82) is 0 Å². The van der Waals surface area contributed by atoms with Gasteiger partial charge in [0.15, 0.2) is 0 Å². The van der Waals surface area contributed by atoms with Crippen molar-refractivity contribution in [2.45, 2.75) is 13.5 Å². The van der Waals surface area contributed by atoms with Gasteiger partial charge in [0.25, 0.3) is 5.91 Å². The van der Waals surface area contributed by atoms with Gasteiger partial charge >= 0.3 is 0 Å². The molecule has 0 unspecified atom stereocenters. The Morgan fingerprint density at radius 3 is 2.52 bits per heavy atom. The normalized spacial score (nSPS) is 15.2. The first-order chi connectivity index (χ1) is 12.2. The molecule has 0 spiro atoms. The Kier molecular flexibility index (Phi) is 5.89. The molecule has 5 nitrogen and oxygen atoms in total. The standard InChI is InChI=1S/C19H22ClN3O2/c1-2-25-17-5-3-15(4-6-17)14-22-9-11-23(12-10-22)19(24)16-7-8-21-18(20)13-16/h3-8,13H,2,9-12,14H2,1H3. The van der Waals surface area contributed by atoms with Crippen LogP contribution in [0, 0.1) is 0 Å². The van der Waals surface area contributed by atoms with E-state index < -0.39 is 0 Å². The van der Waals surface area contributed by atoms with E-state index in [0.717, 1.165) is 38.5 Å². The van der Waals surface area contributed by atoms with Crippen molar-refractivity contribution >= 4 is 17.5 Å². The lowest BCUT2D eigenvalue weighted by atomic mass is 10.1. The number of amides is 1. The number of rotatable bonds is 5. The van der Waals surface area contributed by atoms with Crippen LogP contribution in [0.1, 0.15) is 22.8 Å². The van der Waals surface area contributed by atoms with Gasteiger partial charge in [0.2, 0.25) is 0 Å². The SMILES string of the molecule is CCOc1ccc(CN2CCN(C(=O)c3ccnc(Cl)c3)CC2)cc1. The van der Waals surface area contributed by atoms with Crippen molar-refractivity contribution in [2.75, 3.05) is 32.8 Å². The summed E-state index contributed by atoms with van der Waals surface area (Å²) in [6.07, 6.45) is 1.57. The molecule has 2 aromatic rings. The fourth-order valence-electron chi connectivity index (χ4n) is 2.94. The first-order valence-corrected chi connectivity index (χ1v) is 8.88. The average molecular weight is 360 g/mol. The van der Waals surface area contributed by atoms with Gasteiger partial charge in [-0.15, -0.1) is 0 Å². The van der Waals surface area contributed by atoms with Gasteiger partial charge < -0.3 is 9.64 Å². The van der Waals surface area contributed by atoms with Crippen LogP contribution in [0.15, 0.2) is 42.6 Å². The fraction of sp³-hybridized carbons (Fsp3) is 0.368. The third-order valence-electron chi connectivity index (χ3n) is 4.27. The third-order valence-corrected chi connectivity index (χ3v) is 4.48. The third kappa shape index (κ3) is 4.71. The van der Waals surface area contributed by atoms with E-state index in [1.807, 2.05) is 24.0 Å². The molecule has 1 aromatic carbocycles. The highest BCUT2D eigenvalue weighted by molar-refractivity contribution is 6.29. The largest absolute Gasteiger partial charge is 0.494 e. The highest BCUT2D eigenvalue weighted by atomic mass is 35.5. The van der Waals surface area contributed by atoms with Crippen molar-refractivity contribution in [3.63, 3.8) is 0 Å². The zero-order valence-corrected chi connectivity index (χ0v) is 15.1. The molecule has 1 aliphatic heterocycles. The molecule has 0 atom stereocenters. The molecule has 1 aliphatic rings. The van der Waals surface area contributed by atoms with Crippen molar-refractivity contribution < 1.29 is 9.53 Å². The predicted molar refractivity (Wildman–Crippen MR) is 98.0 cm³/mol. The van der Waals surface area contributed by atoms with E-state index in [1.54, 1.807) is 18.3 Å². The molecule has 1 fully saturated rings. The Labute approximate surface area is 153 Å². The zero-order valence-electron chi connectivity index (χ0n) is 14.3. The summed E-state index contributed by atoms with van der Waals surface area (Å²) >= 11 is 5.87. The number of carbonyl (C=O) groups excluding carboxylic acids is 1. The minimum atomic E-state index is 0.0185. The van der Waals surface area contributed by atoms with Crippen molar-refractivity contribution in [2.24, 2.45) is 0 Å². The molecule has 6 heteroatoms. The van der Waals surface area contributed by atoms with Crippen LogP contribution in [0.5, 0.6) is 5.75 Å². The lowest BCUT2D eigenvalue weighted by molar-refractivity contribution is 0.0628. The Morgan fingerprint density at radius 2 is 1.88 bits per heavy atom. The van der Waals surface area contributed by atoms with Gasteiger partial charge in [-0.1, -0.05) is 23.7 Å². The summed E-state index contributed by atoms with van der Waals surface area (Å²) in [7, 11) is 0. The summed E-state index contributed by atoms with van der Waals surface area (Å²) in [5, 5.41) is 0.347. The van der Waals surface area contributed by atoms with Crippen LogP contribution >= 0.6 is 11.6 Å². The molecule has 1 saturated heterocycles. The smallest absolute Gasteiger partial charge is 0.254 e. The van der Waals surface area contributed by atoms with E-state index in [0.29, 0.717) is 17.3 Å². The van der Waals surface area contributed by atoms with Crippen LogP contribution < -0.4 is 4.74 Å². The zero-order chi connectivity index (χ0) is 17.6. The van der Waals surface area contributed by atoms with E-state index in [2.05, 4.69) is 22.0 Å². The summed E-state index contributed by atoms with van der Waals surface area (Å²) in [6, 6.07) is 11.5. The summed E-state index contributed by atoms with van der Waals surface area (Å²) in [5.41, 5.74) is 1.85. The van der Waals surface area contributed by atoms with Crippen molar-refractivity contribution in [3.05, 3.63) is 58.9 Å². The molecular formula is C19H22ClN3O2. The van der Waals surface area contributed by atoms with Crippen LogP contribution in [0.2, 0.25) is 5.15 Å². The number of nitrogens with zero attached hydrogens (tertiary/aromatic N) is 3. The minimum absolute atomic E-state index is 0.0185. The molecule has 1 aromatic heterocycles. The number of ether oxygens (including phenoxy) is 1. The van der Waals surface area contributed by atoms with Crippen molar-refractivity contribution in [3.8, 4) is 5.75 Å². The molecule has 3 rings (SSSR count). The summed E-state index contributed by atoms with van der Waals surface area (Å²) in [5.74, 6) is 0.919. The number of aromatic nitrogens is 1. The minimum Gasteiger partial charge on any atom is -0.494 e.